The van der Waals surface area contributed by atoms with E-state index in [0.717, 1.165) is 5.75 Å². The molecule has 0 bridgehead atoms. The van der Waals surface area contributed by atoms with Gasteiger partial charge in [0, 0.05) is 20.7 Å². The molecule has 0 aliphatic rings. The Bertz CT molecular complexity index is 353. The summed E-state index contributed by atoms with van der Waals surface area (Å²) >= 11 is 0. The first kappa shape index (κ1) is 14.5. The Kier molecular flexibility index (Phi) is 6.18. The highest BCUT2D eigenvalue weighted by molar-refractivity contribution is 5.80. The van der Waals surface area contributed by atoms with E-state index >= 15 is 0 Å². The van der Waals surface area contributed by atoms with Crippen molar-refractivity contribution in [2.45, 2.75) is 6.10 Å². The van der Waals surface area contributed by atoms with Crippen LogP contribution in [0.5, 0.6) is 5.75 Å². The van der Waals surface area contributed by atoms with Crippen LogP contribution in [0.1, 0.15) is 0 Å². The highest BCUT2D eigenvalue weighted by Gasteiger charge is 2.19. The normalized spacial score (nSPS) is 11.9. The van der Waals surface area contributed by atoms with Crippen molar-refractivity contribution in [2.24, 2.45) is 5.73 Å². The molecule has 0 aromatic heterocycles. The smallest absolute Gasteiger partial charge is 0.252 e. The fourth-order valence-corrected chi connectivity index (χ4v) is 1.47. The molecule has 0 spiro atoms. The summed E-state index contributed by atoms with van der Waals surface area (Å²) in [5.74, 6) is 0.664. The molecule has 100 valence electrons. The summed E-state index contributed by atoms with van der Waals surface area (Å²) in [5, 5.41) is 0. The Labute approximate surface area is 107 Å². The van der Waals surface area contributed by atoms with Crippen molar-refractivity contribution in [3.8, 4) is 5.75 Å². The van der Waals surface area contributed by atoms with Crippen LogP contribution in [0.2, 0.25) is 0 Å². The number of ether oxygens (including phenoxy) is 2. The van der Waals surface area contributed by atoms with Crippen LogP contribution >= 0.6 is 0 Å². The minimum Gasteiger partial charge on any atom is -0.492 e. The summed E-state index contributed by atoms with van der Waals surface area (Å²) in [5.41, 5.74) is 5.44. The van der Waals surface area contributed by atoms with Crippen LogP contribution in [-0.2, 0) is 9.53 Å². The molecule has 5 nitrogen and oxygen atoms in total. The number of nitrogens with two attached hydrogens (primary N) is 1. The topological polar surface area (TPSA) is 64.8 Å². The van der Waals surface area contributed by atoms with E-state index in [1.54, 1.807) is 11.9 Å². The molecule has 2 N–H and O–H groups in total. The lowest BCUT2D eigenvalue weighted by atomic mass is 10.3. The van der Waals surface area contributed by atoms with E-state index in [9.17, 15) is 4.79 Å². The molecule has 0 heterocycles. The quantitative estimate of drug-likeness (QED) is 0.767. The molecule has 5 heteroatoms. The predicted molar refractivity (Wildman–Crippen MR) is 69.4 cm³/mol. The van der Waals surface area contributed by atoms with E-state index in [0.29, 0.717) is 13.2 Å². The zero-order chi connectivity index (χ0) is 13.4. The van der Waals surface area contributed by atoms with Gasteiger partial charge in [0.05, 0.1) is 6.54 Å². The second-order valence-electron chi connectivity index (χ2n) is 3.88. The third-order valence-corrected chi connectivity index (χ3v) is 2.59. The first-order valence-corrected chi connectivity index (χ1v) is 5.84. The highest BCUT2D eigenvalue weighted by Crippen LogP contribution is 2.07. The molecule has 1 aromatic carbocycles. The van der Waals surface area contributed by atoms with E-state index in [2.05, 4.69) is 0 Å². The van der Waals surface area contributed by atoms with Crippen molar-refractivity contribution in [1.29, 1.82) is 0 Å². The fourth-order valence-electron chi connectivity index (χ4n) is 1.47. The molecule has 0 saturated carbocycles. The summed E-state index contributed by atoms with van der Waals surface area (Å²) in [7, 11) is 3.18. The molecule has 0 aliphatic carbocycles. The van der Waals surface area contributed by atoms with E-state index in [-0.39, 0.29) is 12.5 Å². The molecule has 1 rings (SSSR count). The van der Waals surface area contributed by atoms with Gasteiger partial charge in [0.1, 0.15) is 18.5 Å². The van der Waals surface area contributed by atoms with Crippen LogP contribution < -0.4 is 10.5 Å². The summed E-state index contributed by atoms with van der Waals surface area (Å²) in [6.45, 7) is 1.11. The van der Waals surface area contributed by atoms with Crippen molar-refractivity contribution < 1.29 is 14.3 Å². The Morgan fingerprint density at radius 2 is 2.06 bits per heavy atom. The molecule has 0 fully saturated rings. The number of carbonyl (C=O) groups is 1. The Balaban J connectivity index is 2.33. The molecule has 0 aliphatic heterocycles. The number of para-hydroxylation sites is 1. The minimum atomic E-state index is -0.577. The van der Waals surface area contributed by atoms with Crippen LogP contribution in [-0.4, -0.2) is 50.8 Å². The Hall–Kier alpha value is -1.59. The summed E-state index contributed by atoms with van der Waals surface area (Å²) in [6.07, 6.45) is -0.577. The van der Waals surface area contributed by atoms with Crippen molar-refractivity contribution in [3.05, 3.63) is 30.3 Å². The van der Waals surface area contributed by atoms with E-state index < -0.39 is 6.10 Å². The lowest BCUT2D eigenvalue weighted by molar-refractivity contribution is -0.140. The average Bonchev–Trinajstić information content (AvgIpc) is 2.41. The molecule has 1 unspecified atom stereocenters. The van der Waals surface area contributed by atoms with Crippen LogP contribution in [0, 0.1) is 0 Å². The van der Waals surface area contributed by atoms with Crippen LogP contribution in [0.15, 0.2) is 30.3 Å². The summed E-state index contributed by atoms with van der Waals surface area (Å²) in [4.78, 5) is 13.4. The lowest BCUT2D eigenvalue weighted by Gasteiger charge is -2.21. The van der Waals surface area contributed by atoms with Gasteiger partial charge in [-0.05, 0) is 12.1 Å². The maximum absolute atomic E-state index is 11.8. The Morgan fingerprint density at radius 3 is 2.61 bits per heavy atom. The SMILES string of the molecule is COC(CN)C(=O)N(C)CCOc1ccccc1. The van der Waals surface area contributed by atoms with Gasteiger partial charge >= 0.3 is 0 Å². The first-order chi connectivity index (χ1) is 8.69. The van der Waals surface area contributed by atoms with Gasteiger partial charge in [-0.2, -0.15) is 0 Å². The van der Waals surface area contributed by atoms with Crippen molar-refractivity contribution in [1.82, 2.24) is 4.90 Å². The van der Waals surface area contributed by atoms with Crippen LogP contribution in [0.4, 0.5) is 0 Å². The van der Waals surface area contributed by atoms with E-state index in [4.69, 9.17) is 15.2 Å². The van der Waals surface area contributed by atoms with Crippen molar-refractivity contribution >= 4 is 5.91 Å². The largest absolute Gasteiger partial charge is 0.492 e. The third kappa shape index (κ3) is 4.35. The highest BCUT2D eigenvalue weighted by atomic mass is 16.5. The summed E-state index contributed by atoms with van der Waals surface area (Å²) < 4.78 is 10.5. The van der Waals surface area contributed by atoms with Crippen molar-refractivity contribution in [2.75, 3.05) is 33.9 Å². The standard InChI is InChI=1S/C13H20N2O3/c1-15(13(16)12(10-14)17-2)8-9-18-11-6-4-3-5-7-11/h3-7,12H,8-10,14H2,1-2H3. The molecular weight excluding hydrogens is 232 g/mol. The number of methoxy groups -OCH3 is 1. The zero-order valence-corrected chi connectivity index (χ0v) is 10.8. The monoisotopic (exact) mass is 252 g/mol. The molecule has 0 saturated heterocycles. The van der Waals surface area contributed by atoms with Gasteiger partial charge in [-0.15, -0.1) is 0 Å². The number of hydrogen-bond donors (Lipinski definition) is 1. The third-order valence-electron chi connectivity index (χ3n) is 2.59. The Morgan fingerprint density at radius 1 is 1.39 bits per heavy atom. The van der Waals surface area contributed by atoms with Crippen LogP contribution in [0.25, 0.3) is 0 Å². The molecule has 1 atom stereocenters. The average molecular weight is 252 g/mol. The van der Waals surface area contributed by atoms with Gasteiger partial charge < -0.3 is 20.1 Å². The van der Waals surface area contributed by atoms with E-state index in [1.165, 1.54) is 7.11 Å². The van der Waals surface area contributed by atoms with Crippen molar-refractivity contribution in [3.63, 3.8) is 0 Å². The first-order valence-electron chi connectivity index (χ1n) is 5.84. The van der Waals surface area contributed by atoms with Gasteiger partial charge in [0.25, 0.3) is 5.91 Å². The zero-order valence-electron chi connectivity index (χ0n) is 10.8. The molecular formula is C13H20N2O3. The molecule has 1 aromatic rings. The number of likely N-dealkylation sites (N-methyl/N-ethyl adjacent to an activating group) is 1. The van der Waals surface area contributed by atoms with Crippen LogP contribution in [0.3, 0.4) is 0 Å². The maximum atomic E-state index is 11.8. The lowest BCUT2D eigenvalue weighted by Crippen LogP contribution is -2.43. The van der Waals surface area contributed by atoms with Gasteiger partial charge in [-0.25, -0.2) is 0 Å². The van der Waals surface area contributed by atoms with E-state index in [1.807, 2.05) is 30.3 Å². The number of rotatable bonds is 7. The minimum absolute atomic E-state index is 0.128. The van der Waals surface area contributed by atoms with Gasteiger partial charge in [-0.3, -0.25) is 4.79 Å². The predicted octanol–water partition coefficient (Wildman–Crippen LogP) is 0.498. The van der Waals surface area contributed by atoms with Gasteiger partial charge in [0.2, 0.25) is 0 Å². The number of hydrogen-bond acceptors (Lipinski definition) is 4. The number of nitrogens with zero attached hydrogens (tertiary/aromatic N) is 1. The molecule has 0 radical (unpaired) electrons. The fraction of sp³-hybridized carbons (Fsp3) is 0.462. The summed E-state index contributed by atoms with van der Waals surface area (Å²) in [6, 6.07) is 9.48. The van der Waals surface area contributed by atoms with Gasteiger partial charge in [-0.1, -0.05) is 18.2 Å². The maximum Gasteiger partial charge on any atom is 0.252 e. The second-order valence-corrected chi connectivity index (χ2v) is 3.88. The second kappa shape index (κ2) is 7.68. The number of amides is 1. The van der Waals surface area contributed by atoms with Gasteiger partial charge in [0.15, 0.2) is 0 Å². The number of benzene rings is 1. The molecule has 18 heavy (non-hydrogen) atoms. The molecule has 1 amide bonds. The number of carbonyl (C=O) groups excluding carboxylic acids is 1.